The first-order valence-corrected chi connectivity index (χ1v) is 14.5. The number of nitrogens with zero attached hydrogens (tertiary/aromatic N) is 3. The highest BCUT2D eigenvalue weighted by atomic mass is 19.3. The van der Waals surface area contributed by atoms with Crippen LogP contribution in [0, 0.1) is 6.92 Å². The Labute approximate surface area is 252 Å². The molecule has 1 aromatic heterocycles. The normalized spacial score (nSPS) is 11.8. The molecule has 0 bridgehead atoms. The SMILES string of the molecule is CCC[C@@H](CCOC(C)=O)Nc1nc(N)nc(C)c1Cc1ccc(OCCCN(CC(=O)OCC)CC(F)F)cc1OC. The lowest BCUT2D eigenvalue weighted by Gasteiger charge is -2.22. The van der Waals surface area contributed by atoms with Gasteiger partial charge in [0, 0.05) is 49.7 Å². The molecule has 13 heteroatoms. The number of aromatic nitrogens is 2. The number of nitrogen functional groups attached to an aromatic ring is 1. The van der Waals surface area contributed by atoms with Crippen LogP contribution < -0.4 is 20.5 Å². The molecular formula is C30H45F2N5O6. The van der Waals surface area contributed by atoms with E-state index >= 15 is 0 Å². The van der Waals surface area contributed by atoms with Crippen LogP contribution in [0.25, 0.3) is 0 Å². The van der Waals surface area contributed by atoms with E-state index in [2.05, 4.69) is 22.2 Å². The van der Waals surface area contributed by atoms with E-state index in [0.29, 0.717) is 43.2 Å². The Morgan fingerprint density at radius 2 is 1.88 bits per heavy atom. The summed E-state index contributed by atoms with van der Waals surface area (Å²) in [5.41, 5.74) is 8.45. The van der Waals surface area contributed by atoms with Gasteiger partial charge in [0.25, 0.3) is 6.43 Å². The van der Waals surface area contributed by atoms with Gasteiger partial charge in [-0.2, -0.15) is 4.98 Å². The molecule has 0 aliphatic carbocycles. The van der Waals surface area contributed by atoms with Gasteiger partial charge in [-0.3, -0.25) is 14.5 Å². The van der Waals surface area contributed by atoms with Crippen molar-refractivity contribution in [3.8, 4) is 11.5 Å². The molecule has 0 unspecified atom stereocenters. The summed E-state index contributed by atoms with van der Waals surface area (Å²) in [7, 11) is 1.57. The summed E-state index contributed by atoms with van der Waals surface area (Å²) >= 11 is 0. The summed E-state index contributed by atoms with van der Waals surface area (Å²) in [6.07, 6.45) is 0.727. The van der Waals surface area contributed by atoms with Crippen molar-refractivity contribution in [3.05, 3.63) is 35.0 Å². The number of methoxy groups -OCH3 is 1. The maximum absolute atomic E-state index is 12.9. The summed E-state index contributed by atoms with van der Waals surface area (Å²) < 4.78 is 47.4. The number of esters is 2. The van der Waals surface area contributed by atoms with E-state index in [-0.39, 0.29) is 44.3 Å². The van der Waals surface area contributed by atoms with E-state index in [1.54, 1.807) is 20.1 Å². The molecular weight excluding hydrogens is 564 g/mol. The van der Waals surface area contributed by atoms with Gasteiger partial charge >= 0.3 is 11.9 Å². The molecule has 240 valence electrons. The Hall–Kier alpha value is -3.74. The Morgan fingerprint density at radius 3 is 2.53 bits per heavy atom. The lowest BCUT2D eigenvalue weighted by atomic mass is 10.0. The fourth-order valence-corrected chi connectivity index (χ4v) is 4.57. The number of carbonyl (C=O) groups excluding carboxylic acids is 2. The van der Waals surface area contributed by atoms with Crippen LogP contribution in [-0.2, 0) is 25.5 Å². The van der Waals surface area contributed by atoms with Crippen molar-refractivity contribution in [3.63, 3.8) is 0 Å². The first kappa shape index (κ1) is 35.5. The highest BCUT2D eigenvalue weighted by Crippen LogP contribution is 2.30. The molecule has 0 saturated heterocycles. The van der Waals surface area contributed by atoms with Crippen molar-refractivity contribution in [2.75, 3.05) is 57.6 Å². The maximum Gasteiger partial charge on any atom is 0.320 e. The van der Waals surface area contributed by atoms with Crippen molar-refractivity contribution >= 4 is 23.7 Å². The molecule has 1 heterocycles. The zero-order valence-corrected chi connectivity index (χ0v) is 25.8. The average Bonchev–Trinajstić information content (AvgIpc) is 2.93. The molecule has 2 aromatic rings. The summed E-state index contributed by atoms with van der Waals surface area (Å²) in [4.78, 5) is 33.2. The number of aryl methyl sites for hydroxylation is 1. The summed E-state index contributed by atoms with van der Waals surface area (Å²) in [5, 5.41) is 3.48. The smallest absolute Gasteiger partial charge is 0.320 e. The second kappa shape index (κ2) is 18.7. The van der Waals surface area contributed by atoms with Gasteiger partial charge in [-0.15, -0.1) is 0 Å². The standard InChI is InChI=1S/C30H45F2N5O6/c1-6-9-23(12-15-42-21(4)38)35-29-25(20(3)34-30(33)36-29)16-22-10-11-24(17-26(22)40-5)43-14-8-13-37(18-27(31)32)19-28(39)41-7-2/h10-11,17,23,27H,6-9,12-16,18-19H2,1-5H3,(H3,33,34,35,36)/t23-/m0/s1. The zero-order chi connectivity index (χ0) is 31.8. The third-order valence-electron chi connectivity index (χ3n) is 6.55. The number of alkyl halides is 2. The van der Waals surface area contributed by atoms with Gasteiger partial charge in [-0.25, -0.2) is 13.8 Å². The molecule has 2 rings (SSSR count). The van der Waals surface area contributed by atoms with E-state index in [1.165, 1.54) is 11.8 Å². The van der Waals surface area contributed by atoms with Gasteiger partial charge in [-0.05, 0) is 38.3 Å². The predicted molar refractivity (Wildman–Crippen MR) is 160 cm³/mol. The highest BCUT2D eigenvalue weighted by Gasteiger charge is 2.19. The van der Waals surface area contributed by atoms with Crippen molar-refractivity contribution in [2.45, 2.75) is 72.3 Å². The molecule has 0 fully saturated rings. The van der Waals surface area contributed by atoms with E-state index in [0.717, 1.165) is 29.7 Å². The number of nitrogens with one attached hydrogen (secondary N) is 1. The molecule has 1 aromatic carbocycles. The lowest BCUT2D eigenvalue weighted by molar-refractivity contribution is -0.145. The van der Waals surface area contributed by atoms with Crippen LogP contribution in [0.15, 0.2) is 18.2 Å². The number of halogens is 2. The second-order valence-electron chi connectivity index (χ2n) is 10.0. The van der Waals surface area contributed by atoms with E-state index in [4.69, 9.17) is 24.7 Å². The Bertz CT molecular complexity index is 1170. The maximum atomic E-state index is 12.9. The van der Waals surface area contributed by atoms with Gasteiger partial charge < -0.3 is 30.0 Å². The largest absolute Gasteiger partial charge is 0.496 e. The number of carbonyl (C=O) groups is 2. The van der Waals surface area contributed by atoms with Crippen molar-refractivity contribution < 1.29 is 37.3 Å². The van der Waals surface area contributed by atoms with Crippen LogP contribution in [-0.4, -0.2) is 85.8 Å². The first-order valence-electron chi connectivity index (χ1n) is 14.5. The topological polar surface area (TPSA) is 138 Å². The first-order chi connectivity index (χ1) is 20.6. The van der Waals surface area contributed by atoms with Gasteiger partial charge in [0.05, 0.1) is 40.0 Å². The Morgan fingerprint density at radius 1 is 1.12 bits per heavy atom. The van der Waals surface area contributed by atoms with Crippen LogP contribution in [0.4, 0.5) is 20.5 Å². The van der Waals surface area contributed by atoms with Crippen LogP contribution in [0.5, 0.6) is 11.5 Å². The summed E-state index contributed by atoms with van der Waals surface area (Å²) in [5.74, 6) is 1.08. The minimum absolute atomic E-state index is 0.0170. The highest BCUT2D eigenvalue weighted by molar-refractivity contribution is 5.71. The molecule has 11 nitrogen and oxygen atoms in total. The van der Waals surface area contributed by atoms with E-state index in [1.807, 2.05) is 19.1 Å². The summed E-state index contributed by atoms with van der Waals surface area (Å²) in [6.45, 7) is 7.30. The van der Waals surface area contributed by atoms with Crippen LogP contribution in [0.3, 0.4) is 0 Å². The molecule has 0 amide bonds. The van der Waals surface area contributed by atoms with Gasteiger partial charge in [0.2, 0.25) is 5.95 Å². The van der Waals surface area contributed by atoms with Gasteiger partial charge in [0.15, 0.2) is 0 Å². The molecule has 0 spiro atoms. The van der Waals surface area contributed by atoms with Crippen LogP contribution >= 0.6 is 0 Å². The monoisotopic (exact) mass is 609 g/mol. The molecule has 0 aliphatic rings. The number of rotatable bonds is 20. The average molecular weight is 610 g/mol. The Balaban J connectivity index is 2.11. The minimum atomic E-state index is -2.56. The number of anilines is 2. The molecule has 1 atom stereocenters. The zero-order valence-electron chi connectivity index (χ0n) is 25.8. The molecule has 0 saturated carbocycles. The number of hydrogen-bond acceptors (Lipinski definition) is 11. The van der Waals surface area contributed by atoms with Crippen molar-refractivity contribution in [1.82, 2.24) is 14.9 Å². The third kappa shape index (κ3) is 13.0. The number of ether oxygens (including phenoxy) is 4. The van der Waals surface area contributed by atoms with Gasteiger partial charge in [0.1, 0.15) is 17.3 Å². The van der Waals surface area contributed by atoms with Crippen LogP contribution in [0.1, 0.15) is 63.3 Å². The van der Waals surface area contributed by atoms with Crippen molar-refractivity contribution in [1.29, 1.82) is 0 Å². The molecule has 3 N–H and O–H groups in total. The van der Waals surface area contributed by atoms with Crippen LogP contribution in [0.2, 0.25) is 0 Å². The molecule has 43 heavy (non-hydrogen) atoms. The summed E-state index contributed by atoms with van der Waals surface area (Å²) in [6, 6.07) is 5.49. The molecule has 0 radical (unpaired) electrons. The van der Waals surface area contributed by atoms with Crippen molar-refractivity contribution in [2.24, 2.45) is 0 Å². The van der Waals surface area contributed by atoms with Gasteiger partial charge in [-0.1, -0.05) is 19.4 Å². The number of benzene rings is 1. The third-order valence-corrected chi connectivity index (χ3v) is 6.55. The fraction of sp³-hybridized carbons (Fsp3) is 0.600. The predicted octanol–water partition coefficient (Wildman–Crippen LogP) is 4.40. The Kier molecular flexibility index (Phi) is 15.4. The number of nitrogens with two attached hydrogens (primary N) is 1. The van der Waals surface area contributed by atoms with E-state index < -0.39 is 18.9 Å². The second-order valence-corrected chi connectivity index (χ2v) is 10.0. The number of hydrogen-bond donors (Lipinski definition) is 2. The fourth-order valence-electron chi connectivity index (χ4n) is 4.57. The molecule has 0 aliphatic heterocycles. The quantitative estimate of drug-likeness (QED) is 0.163. The lowest BCUT2D eigenvalue weighted by Crippen LogP contribution is -2.36. The minimum Gasteiger partial charge on any atom is -0.496 e. The van der Waals surface area contributed by atoms with E-state index in [9.17, 15) is 18.4 Å².